The van der Waals surface area contributed by atoms with Gasteiger partial charge in [-0.1, -0.05) is 77.4 Å². The Kier molecular flexibility index (Phi) is 32.5. The first-order chi connectivity index (χ1) is 35.1. The molecule has 4 unspecified atom stereocenters. The van der Waals surface area contributed by atoms with Gasteiger partial charge in [-0.15, -0.1) is 0 Å². The summed E-state index contributed by atoms with van der Waals surface area (Å²) in [7, 11) is 2.76. The van der Waals surface area contributed by atoms with Gasteiger partial charge in [-0.3, -0.25) is 43.2 Å². The number of hydrogen-bond donors (Lipinski definition) is 13. The first-order valence-electron chi connectivity index (χ1n) is 23.8. The van der Waals surface area contributed by atoms with E-state index in [9.17, 15) is 53.4 Å². The van der Waals surface area contributed by atoms with Gasteiger partial charge in [0.25, 0.3) is 0 Å². The highest BCUT2D eigenvalue weighted by Gasteiger charge is 2.29. The maximum atomic E-state index is 13.5. The summed E-state index contributed by atoms with van der Waals surface area (Å²) in [5.41, 5.74) is 19.0. The van der Waals surface area contributed by atoms with Crippen molar-refractivity contribution in [3.63, 3.8) is 0 Å². The molecule has 0 heterocycles. The summed E-state index contributed by atoms with van der Waals surface area (Å²) in [6.45, 7) is 6.48. The quantitative estimate of drug-likeness (QED) is 0.0329. The summed E-state index contributed by atoms with van der Waals surface area (Å²) >= 11 is 0. The number of aromatic hydroxyl groups is 2. The van der Waals surface area contributed by atoms with Crippen LogP contribution in [0.3, 0.4) is 0 Å². The second-order valence-electron chi connectivity index (χ2n) is 17.0. The highest BCUT2D eigenvalue weighted by Crippen LogP contribution is 2.19. The maximum absolute atomic E-state index is 13.5. The van der Waals surface area contributed by atoms with Crippen LogP contribution in [0.25, 0.3) is 0 Å². The number of nitrogens with two attached hydrogens (primary N) is 3. The fourth-order valence-corrected chi connectivity index (χ4v) is 7.56. The Hall–Kier alpha value is -6.89. The number of primary amides is 2. The topological polar surface area (TPSA) is 377 Å². The Bertz CT molecular complexity index is 2240. The number of unbranched alkanes of at least 4 members (excludes halogenated alkanes) is 1. The van der Waals surface area contributed by atoms with Gasteiger partial charge in [-0.05, 0) is 106 Å². The molecule has 0 aromatic heterocycles. The number of aliphatic hydroxyl groups excluding tert-OH is 1. The molecule has 9 amide bonds. The molecular formula is C50H74N10O12S2. The number of amides is 9. The molecule has 0 spiro atoms. The third-order valence-corrected chi connectivity index (χ3v) is 12.1. The Labute approximate surface area is 440 Å². The molecule has 74 heavy (non-hydrogen) atoms. The number of rotatable bonds is 29. The number of carbonyl (C=O) groups is 9. The highest BCUT2D eigenvalue weighted by atomic mass is 33.1. The van der Waals surface area contributed by atoms with Gasteiger partial charge in [-0.25, -0.2) is 0 Å². The Morgan fingerprint density at radius 3 is 1.54 bits per heavy atom. The summed E-state index contributed by atoms with van der Waals surface area (Å²) in [4.78, 5) is 113. The van der Waals surface area contributed by atoms with E-state index < -0.39 is 85.2 Å². The van der Waals surface area contributed by atoms with E-state index in [-0.39, 0.29) is 67.3 Å². The van der Waals surface area contributed by atoms with E-state index in [0.717, 1.165) is 5.56 Å². The van der Waals surface area contributed by atoms with Crippen molar-refractivity contribution in [2.75, 3.05) is 44.8 Å². The van der Waals surface area contributed by atoms with Crippen LogP contribution in [-0.4, -0.2) is 137 Å². The molecule has 408 valence electrons. The van der Waals surface area contributed by atoms with Crippen molar-refractivity contribution in [3.05, 3.63) is 95.1 Å². The van der Waals surface area contributed by atoms with Gasteiger partial charge in [0.1, 0.15) is 35.7 Å². The highest BCUT2D eigenvalue weighted by molar-refractivity contribution is 8.76. The number of phenolic OH excluding ortho intramolecular Hbond substituents is 2. The molecule has 0 saturated carbocycles. The van der Waals surface area contributed by atoms with Crippen LogP contribution < -0.4 is 54.4 Å². The zero-order valence-electron chi connectivity index (χ0n) is 42.6. The van der Waals surface area contributed by atoms with Crippen LogP contribution in [0, 0.1) is 12.8 Å². The monoisotopic (exact) mass is 1070 g/mol. The fourth-order valence-electron chi connectivity index (χ4n) is 6.24. The molecular weight excluding hydrogens is 997 g/mol. The number of nitrogens with one attached hydrogen (secondary N) is 7. The number of benzene rings is 3. The number of carbonyl (C=O) groups excluding carboxylic acids is 9. The Balaban J connectivity index is 0.00000183. The van der Waals surface area contributed by atoms with E-state index in [4.69, 9.17) is 22.3 Å². The van der Waals surface area contributed by atoms with Crippen LogP contribution in [0.4, 0.5) is 0 Å². The van der Waals surface area contributed by atoms with E-state index in [0.29, 0.717) is 42.5 Å². The lowest BCUT2D eigenvalue weighted by molar-refractivity contribution is -0.133. The SMILES string of the molecule is CCO.CSSCC(NC(=O)CCC(C)C)C(=O)NC(Cc1ccc(O)cc1)C(=O)NCC(=O)NC(CCCCN)C(=O)NCC(=O)NCC(=O)NC(Cc1ccc(O)cc1)C(N)=O.Cc1ccc(C(N)=O)cc1. The lowest BCUT2D eigenvalue weighted by Gasteiger charge is -2.23. The predicted molar refractivity (Wildman–Crippen MR) is 285 cm³/mol. The lowest BCUT2D eigenvalue weighted by Crippen LogP contribution is -2.56. The Morgan fingerprint density at radius 1 is 0.581 bits per heavy atom. The molecule has 0 saturated heterocycles. The zero-order valence-corrected chi connectivity index (χ0v) is 44.2. The van der Waals surface area contributed by atoms with Gasteiger partial charge in [0.2, 0.25) is 53.2 Å². The molecule has 3 rings (SSSR count). The van der Waals surface area contributed by atoms with E-state index in [1.54, 1.807) is 43.3 Å². The van der Waals surface area contributed by atoms with E-state index in [2.05, 4.69) is 37.2 Å². The van der Waals surface area contributed by atoms with Crippen molar-refractivity contribution in [1.82, 2.24) is 37.2 Å². The average molecular weight is 1070 g/mol. The molecule has 0 bridgehead atoms. The minimum atomic E-state index is -1.20. The van der Waals surface area contributed by atoms with Crippen LogP contribution in [0.1, 0.15) is 79.9 Å². The largest absolute Gasteiger partial charge is 0.508 e. The van der Waals surface area contributed by atoms with Crippen molar-refractivity contribution >= 4 is 74.8 Å². The van der Waals surface area contributed by atoms with Gasteiger partial charge < -0.3 is 69.7 Å². The standard InChI is InChI=1S/C40H59N9O10S2.C8H9NO.C2H6O/c1-24(2)7-16-33(52)48-32(23-61-60-3)40(59)49-31(19-26-10-14-28(51)15-11-26)39(58)45-22-36(55)46-29(6-4-5-17-41)38(57)44-20-34(53)43-21-35(54)47-30(37(42)56)18-25-8-12-27(50)13-9-25;1-6-2-4-7(5-3-6)8(9)10;1-2-3/h8-15,24,29-32,50-51H,4-7,16-23,41H2,1-3H3,(H2,42,56)(H,43,53)(H,44,57)(H,45,58)(H,46,55)(H,47,54)(H,48,52)(H,49,59);2-5H,1H3,(H2,9,10);3H,2H2,1H3. The molecule has 0 aliphatic rings. The minimum Gasteiger partial charge on any atom is -0.508 e. The van der Waals surface area contributed by atoms with E-state index in [1.807, 2.05) is 39.2 Å². The third-order valence-electron chi connectivity index (χ3n) is 10.2. The Morgan fingerprint density at radius 2 is 1.05 bits per heavy atom. The first kappa shape index (κ1) is 65.1. The van der Waals surface area contributed by atoms with E-state index >= 15 is 0 Å². The van der Waals surface area contributed by atoms with E-state index in [1.165, 1.54) is 45.9 Å². The van der Waals surface area contributed by atoms with Crippen molar-refractivity contribution in [1.29, 1.82) is 0 Å². The van der Waals surface area contributed by atoms with Crippen LogP contribution in [0.2, 0.25) is 0 Å². The molecule has 0 aliphatic heterocycles. The predicted octanol–water partition coefficient (Wildman–Crippen LogP) is 0.325. The average Bonchev–Trinajstić information content (AvgIpc) is 3.35. The second-order valence-corrected chi connectivity index (χ2v) is 19.6. The van der Waals surface area contributed by atoms with Crippen molar-refractivity contribution in [3.8, 4) is 11.5 Å². The number of aliphatic hydroxyl groups is 1. The van der Waals surface area contributed by atoms with Crippen LogP contribution in [0.15, 0.2) is 72.8 Å². The van der Waals surface area contributed by atoms with Gasteiger partial charge in [0.05, 0.1) is 19.6 Å². The molecule has 0 radical (unpaired) electrons. The maximum Gasteiger partial charge on any atom is 0.248 e. The van der Waals surface area contributed by atoms with Crippen molar-refractivity contribution < 1.29 is 58.5 Å². The summed E-state index contributed by atoms with van der Waals surface area (Å²) in [6, 6.07) is 14.7. The molecule has 3 aromatic rings. The number of hydrogen-bond acceptors (Lipinski definition) is 15. The molecule has 4 atom stereocenters. The fraction of sp³-hybridized carbons (Fsp3) is 0.460. The van der Waals surface area contributed by atoms with Crippen molar-refractivity contribution in [2.45, 2.75) is 96.8 Å². The molecule has 0 aliphatic carbocycles. The molecule has 16 N–H and O–H groups in total. The molecule has 0 fully saturated rings. The van der Waals surface area contributed by atoms with Gasteiger partial charge >= 0.3 is 0 Å². The first-order valence-corrected chi connectivity index (χ1v) is 26.5. The van der Waals surface area contributed by atoms with Gasteiger partial charge in [0.15, 0.2) is 0 Å². The normalized spacial score (nSPS) is 12.1. The second kappa shape index (κ2) is 36.9. The van der Waals surface area contributed by atoms with Crippen LogP contribution in [-0.2, 0) is 51.2 Å². The summed E-state index contributed by atoms with van der Waals surface area (Å²) < 4.78 is 0. The van der Waals surface area contributed by atoms with Gasteiger partial charge in [0, 0.05) is 37.2 Å². The zero-order chi connectivity index (χ0) is 55.6. The summed E-state index contributed by atoms with van der Waals surface area (Å²) in [5.74, 6) is -5.25. The third kappa shape index (κ3) is 29.0. The summed E-state index contributed by atoms with van der Waals surface area (Å²) in [5, 5.41) is 44.5. The lowest BCUT2D eigenvalue weighted by atomic mass is 10.0. The van der Waals surface area contributed by atoms with Crippen LogP contribution >= 0.6 is 21.6 Å². The summed E-state index contributed by atoms with van der Waals surface area (Å²) in [6.07, 6.45) is 3.79. The van der Waals surface area contributed by atoms with Crippen LogP contribution in [0.5, 0.6) is 11.5 Å². The molecule has 24 heteroatoms. The number of phenols is 2. The minimum absolute atomic E-state index is 0.00386. The molecule has 3 aromatic carbocycles. The molecule has 22 nitrogen and oxygen atoms in total. The smallest absolute Gasteiger partial charge is 0.248 e. The van der Waals surface area contributed by atoms with Gasteiger partial charge in [-0.2, -0.15) is 0 Å². The number of aryl methyl sites for hydroxylation is 1. The van der Waals surface area contributed by atoms with Crippen molar-refractivity contribution in [2.24, 2.45) is 23.1 Å².